The monoisotopic (exact) mass is 636 g/mol. The van der Waals surface area contributed by atoms with Crippen molar-refractivity contribution in [3.63, 3.8) is 0 Å². The van der Waals surface area contributed by atoms with Crippen molar-refractivity contribution in [3.8, 4) is 22.3 Å². The summed E-state index contributed by atoms with van der Waals surface area (Å²) in [6, 6.07) is 23.7. The molecular weight excluding hydrogens is 588 g/mol. The van der Waals surface area contributed by atoms with Crippen LogP contribution in [0.15, 0.2) is 150 Å². The van der Waals surface area contributed by atoms with Gasteiger partial charge in [-0.3, -0.25) is 0 Å². The topological polar surface area (TPSA) is 38.0 Å². The number of rotatable bonds is 4. The first-order valence-electron chi connectivity index (χ1n) is 18.6. The average molecular weight is 638 g/mol. The Bertz CT molecular complexity index is 2150. The minimum Gasteiger partial charge on any atom is -0.399 e. The van der Waals surface area contributed by atoms with Gasteiger partial charge in [0.2, 0.25) is 0 Å². The van der Waals surface area contributed by atoms with Crippen LogP contribution in [0.1, 0.15) is 36.0 Å². The summed E-state index contributed by atoms with van der Waals surface area (Å²) in [5.74, 6) is 0. The second kappa shape index (κ2) is 15.6. The summed E-state index contributed by atoms with van der Waals surface area (Å²) in [6.07, 6.45) is 0. The maximum Gasteiger partial charge on any atom is 0.0629 e. The zero-order valence-electron chi connectivity index (χ0n) is 34.5. The van der Waals surface area contributed by atoms with Gasteiger partial charge >= 0.3 is 0 Å². The predicted molar refractivity (Wildman–Crippen MR) is 191 cm³/mol. The number of nitrogens with one attached hydrogen (secondary N) is 1. The highest BCUT2D eigenvalue weighted by Gasteiger charge is 2.00. The highest BCUT2D eigenvalue weighted by atomic mass is 79.9. The Morgan fingerprint density at radius 1 is 0.488 bits per heavy atom. The Hall–Kier alpha value is -4.60. The molecule has 0 radical (unpaired) electrons. The number of aryl methyl sites for hydroxylation is 4. The van der Waals surface area contributed by atoms with Gasteiger partial charge in [0.25, 0.3) is 0 Å². The molecule has 0 spiro atoms. The van der Waals surface area contributed by atoms with E-state index in [1.54, 1.807) is 36.4 Å². The highest BCUT2D eigenvalue weighted by Crippen LogP contribution is 2.24. The molecule has 0 saturated heterocycles. The zero-order chi connectivity index (χ0) is 39.3. The van der Waals surface area contributed by atoms with E-state index in [2.05, 4.69) is 45.5 Å². The van der Waals surface area contributed by atoms with E-state index in [0.29, 0.717) is 11.1 Å². The molecule has 3 N–H and O–H groups in total. The van der Waals surface area contributed by atoms with E-state index < -0.39 is 0 Å². The van der Waals surface area contributed by atoms with Crippen LogP contribution in [-0.4, -0.2) is 0 Å². The van der Waals surface area contributed by atoms with Crippen molar-refractivity contribution in [1.29, 1.82) is 0 Å². The Labute approximate surface area is 279 Å². The molecule has 3 heteroatoms. The molecule has 0 amide bonds. The Kier molecular flexibility index (Phi) is 7.37. The third-order valence-corrected chi connectivity index (χ3v) is 6.59. The maximum absolute atomic E-state index is 8.06. The van der Waals surface area contributed by atoms with Gasteiger partial charge in [0, 0.05) is 21.5 Å². The van der Waals surface area contributed by atoms with Crippen LogP contribution in [0.25, 0.3) is 22.3 Å². The van der Waals surface area contributed by atoms with Gasteiger partial charge in [-0.2, -0.15) is 0 Å². The number of hydrogen-bond acceptors (Lipinski definition) is 2. The molecule has 0 fully saturated rings. The van der Waals surface area contributed by atoms with Crippen LogP contribution in [0.3, 0.4) is 0 Å². The van der Waals surface area contributed by atoms with Crippen molar-refractivity contribution < 1.29 is 13.7 Å². The van der Waals surface area contributed by atoms with Crippen molar-refractivity contribution in [2.45, 2.75) is 27.7 Å². The smallest absolute Gasteiger partial charge is 0.0629 e. The Balaban J connectivity index is 0.000000200. The summed E-state index contributed by atoms with van der Waals surface area (Å²) in [7, 11) is 0. The molecule has 0 heterocycles. The van der Waals surface area contributed by atoms with E-state index in [-0.39, 0.29) is 71.6 Å². The fourth-order valence-corrected chi connectivity index (χ4v) is 4.61. The van der Waals surface area contributed by atoms with Gasteiger partial charge < -0.3 is 11.1 Å². The van der Waals surface area contributed by atoms with Crippen molar-refractivity contribution in [2.75, 3.05) is 11.1 Å². The molecule has 43 heavy (non-hydrogen) atoms. The van der Waals surface area contributed by atoms with E-state index in [0.717, 1.165) is 21.5 Å². The average Bonchev–Trinajstić information content (AvgIpc) is 3.09. The molecule has 0 unspecified atom stereocenters. The van der Waals surface area contributed by atoms with Crippen molar-refractivity contribution in [3.05, 3.63) is 172 Å². The first-order chi connectivity index (χ1) is 24.9. The maximum atomic E-state index is 8.06. The number of nitrogen functional groups attached to an aromatic ring is 1. The molecule has 0 aliphatic heterocycles. The normalized spacial score (nSPS) is 13.3. The quantitative estimate of drug-likeness (QED) is 0.189. The van der Waals surface area contributed by atoms with Crippen molar-refractivity contribution in [2.24, 2.45) is 0 Å². The van der Waals surface area contributed by atoms with Crippen LogP contribution < -0.4 is 11.1 Å². The molecule has 6 aromatic rings. The molecule has 0 atom stereocenters. The number of benzene rings is 6. The molecule has 0 aliphatic carbocycles. The summed E-state index contributed by atoms with van der Waals surface area (Å²) >= 11 is 3.30. The second-order valence-corrected chi connectivity index (χ2v) is 10.9. The van der Waals surface area contributed by atoms with E-state index in [9.17, 15) is 0 Å². The highest BCUT2D eigenvalue weighted by molar-refractivity contribution is 9.10. The standard InChI is InChI=1S/C20H19N.C12H9Br.C8H11N/c1-15-12-16(2)14-20(13-15)21-19-10-8-18(9-11-19)17-6-4-3-5-7-17;13-12-8-6-11(7-9-12)10-4-2-1-3-5-10;1-6-3-7(2)5-8(9)4-6/h3-14,21H,1-2H3;1-9H;3-5H,9H2,1-2H3/i3D,4D,5D,6D,7D;1D,2D,3D,4D,5D;. The molecule has 6 aromatic carbocycles. The first-order valence-corrected chi connectivity index (χ1v) is 14.4. The van der Waals surface area contributed by atoms with Crippen molar-refractivity contribution in [1.82, 2.24) is 0 Å². The third-order valence-electron chi connectivity index (χ3n) is 6.06. The minimum atomic E-state index is -0.378. The number of hydrogen-bond donors (Lipinski definition) is 2. The fraction of sp³-hybridized carbons (Fsp3) is 0.100. The van der Waals surface area contributed by atoms with Gasteiger partial charge in [-0.05, 0) is 121 Å². The largest absolute Gasteiger partial charge is 0.399 e. The SMILES string of the molecule is Cc1cc(C)cc(N)c1.[2H]c1c([2H])c([2H])c(-c2ccc(Br)cc2)c([2H])c1[2H].[2H]c1c([2H])c([2H])c(-c2ccc(Nc3cc(C)cc(C)c3)cc2)c([2H])c1[2H]. The lowest BCUT2D eigenvalue weighted by Gasteiger charge is -2.09. The molecule has 216 valence electrons. The van der Waals surface area contributed by atoms with Gasteiger partial charge in [-0.25, -0.2) is 0 Å². The summed E-state index contributed by atoms with van der Waals surface area (Å²) < 4.78 is 78.7. The molecule has 0 aromatic heterocycles. The first kappa shape index (κ1) is 20.3. The van der Waals surface area contributed by atoms with Gasteiger partial charge in [-0.15, -0.1) is 0 Å². The lowest BCUT2D eigenvalue weighted by Crippen LogP contribution is -1.91. The molecule has 0 aliphatic rings. The number of anilines is 3. The second-order valence-electron chi connectivity index (χ2n) is 10.0. The van der Waals surface area contributed by atoms with Gasteiger partial charge in [0.15, 0.2) is 0 Å². The van der Waals surface area contributed by atoms with E-state index in [1.165, 1.54) is 22.3 Å². The van der Waals surface area contributed by atoms with Crippen molar-refractivity contribution >= 4 is 33.0 Å². The van der Waals surface area contributed by atoms with Crippen LogP contribution in [0, 0.1) is 27.7 Å². The predicted octanol–water partition coefficient (Wildman–Crippen LogP) is 11.7. The van der Waals surface area contributed by atoms with E-state index in [1.807, 2.05) is 52.0 Å². The zero-order valence-corrected chi connectivity index (χ0v) is 26.1. The third kappa shape index (κ3) is 10.3. The number of nitrogens with two attached hydrogens (primary N) is 1. The molecule has 0 bridgehead atoms. The minimum absolute atomic E-state index is 0.177. The fourth-order valence-electron chi connectivity index (χ4n) is 4.35. The lowest BCUT2D eigenvalue weighted by atomic mass is 10.1. The van der Waals surface area contributed by atoms with Gasteiger partial charge in [0.1, 0.15) is 0 Å². The van der Waals surface area contributed by atoms with Crippen LogP contribution >= 0.6 is 15.9 Å². The van der Waals surface area contributed by atoms with Gasteiger partial charge in [0.05, 0.1) is 13.7 Å². The summed E-state index contributed by atoms with van der Waals surface area (Å²) in [5, 5.41) is 3.33. The number of halogens is 1. The summed E-state index contributed by atoms with van der Waals surface area (Å²) in [4.78, 5) is 0. The van der Waals surface area contributed by atoms with Crippen LogP contribution in [0.5, 0.6) is 0 Å². The van der Waals surface area contributed by atoms with E-state index in [4.69, 9.17) is 19.4 Å². The Morgan fingerprint density at radius 3 is 1.30 bits per heavy atom. The lowest BCUT2D eigenvalue weighted by molar-refractivity contribution is 1.37. The van der Waals surface area contributed by atoms with E-state index >= 15 is 0 Å². The summed E-state index contributed by atoms with van der Waals surface area (Å²) in [6.45, 7) is 8.17. The van der Waals surface area contributed by atoms with Crippen LogP contribution in [-0.2, 0) is 0 Å². The van der Waals surface area contributed by atoms with Crippen LogP contribution in [0.2, 0.25) is 0 Å². The molecule has 0 saturated carbocycles. The summed E-state index contributed by atoms with van der Waals surface area (Å²) in [5.41, 5.74) is 14.7. The van der Waals surface area contributed by atoms with Crippen LogP contribution in [0.4, 0.5) is 17.1 Å². The Morgan fingerprint density at radius 2 is 0.884 bits per heavy atom. The molecule has 2 nitrogen and oxygen atoms in total. The molecule has 6 rings (SSSR count). The van der Waals surface area contributed by atoms with Gasteiger partial charge in [-0.1, -0.05) is 113 Å². The molecular formula is C40H39BrN2.